The number of allylic oxidation sites excluding steroid dienone is 1. The van der Waals surface area contributed by atoms with Crippen molar-refractivity contribution in [2.75, 3.05) is 0 Å². The summed E-state index contributed by atoms with van der Waals surface area (Å²) in [6, 6.07) is 27.2. The average Bonchev–Trinajstić information content (AvgIpc) is 3.27. The van der Waals surface area contributed by atoms with Gasteiger partial charge in [-0.25, -0.2) is 9.97 Å². The van der Waals surface area contributed by atoms with Crippen molar-refractivity contribution in [3.8, 4) is 45.9 Å². The largest absolute Gasteiger partial charge is 0.248 e. The normalized spacial score (nSPS) is 14.5. The molecule has 0 bridgehead atoms. The third kappa shape index (κ3) is 4.23. The van der Waals surface area contributed by atoms with Crippen LogP contribution in [0.3, 0.4) is 0 Å². The Bertz CT molecular complexity index is 2140. The van der Waals surface area contributed by atoms with Crippen LogP contribution in [0.15, 0.2) is 104 Å². The standard InChI is InChI=1S/C42H32N2/c1-7-32-39-27(2)41(3,4)36-24-28(14-18-30-12-8-10-22-43-30)16-20-33(36)35(39)26-38-40(32)34-21-17-29(25-37(34)42(38,5)6)15-19-31-13-9-11-23-44-31/h7-13,16-17,20-26H,1-2H2,3-6H3. The third-order valence-electron chi connectivity index (χ3n) is 9.24. The first-order valence-corrected chi connectivity index (χ1v) is 14.9. The zero-order valence-corrected chi connectivity index (χ0v) is 25.5. The van der Waals surface area contributed by atoms with Crippen molar-refractivity contribution in [3.05, 3.63) is 155 Å². The van der Waals surface area contributed by atoms with Crippen LogP contribution in [0.25, 0.3) is 33.9 Å². The van der Waals surface area contributed by atoms with E-state index in [1.54, 1.807) is 12.4 Å². The van der Waals surface area contributed by atoms with Gasteiger partial charge in [0.05, 0.1) is 0 Å². The van der Waals surface area contributed by atoms with E-state index in [2.05, 4.69) is 110 Å². The molecule has 0 spiro atoms. The Morgan fingerprint density at radius 3 is 1.70 bits per heavy atom. The molecule has 2 aromatic heterocycles. The summed E-state index contributed by atoms with van der Waals surface area (Å²) >= 11 is 0. The number of aromatic nitrogens is 2. The number of nitrogens with zero attached hydrogens (tertiary/aromatic N) is 2. The number of benzene rings is 3. The molecule has 0 atom stereocenters. The van der Waals surface area contributed by atoms with Crippen molar-refractivity contribution in [3.63, 3.8) is 0 Å². The molecule has 0 saturated carbocycles. The van der Waals surface area contributed by atoms with Crippen molar-refractivity contribution in [1.29, 1.82) is 0 Å². The molecule has 0 aliphatic heterocycles. The molecular formula is C42H32N2. The quantitative estimate of drug-likeness (QED) is 0.190. The maximum absolute atomic E-state index is 4.71. The monoisotopic (exact) mass is 564 g/mol. The van der Waals surface area contributed by atoms with Gasteiger partial charge in [-0.1, -0.05) is 83.0 Å². The van der Waals surface area contributed by atoms with Gasteiger partial charge in [0.25, 0.3) is 0 Å². The number of hydrogen-bond acceptors (Lipinski definition) is 2. The van der Waals surface area contributed by atoms with E-state index in [4.69, 9.17) is 6.58 Å². The first-order valence-electron chi connectivity index (χ1n) is 14.9. The summed E-state index contributed by atoms with van der Waals surface area (Å²) in [7, 11) is 0. The molecule has 2 nitrogen and oxygen atoms in total. The number of pyridine rings is 2. The van der Waals surface area contributed by atoms with E-state index < -0.39 is 0 Å². The van der Waals surface area contributed by atoms with E-state index in [0.717, 1.165) is 33.7 Å². The van der Waals surface area contributed by atoms with Gasteiger partial charge in [0, 0.05) is 34.4 Å². The van der Waals surface area contributed by atoms with Crippen LogP contribution < -0.4 is 0 Å². The van der Waals surface area contributed by atoms with E-state index in [-0.39, 0.29) is 10.8 Å². The summed E-state index contributed by atoms with van der Waals surface area (Å²) in [4.78, 5) is 8.71. The number of fused-ring (bicyclic) bond motifs is 6. The van der Waals surface area contributed by atoms with Gasteiger partial charge in [-0.2, -0.15) is 0 Å². The van der Waals surface area contributed by atoms with Gasteiger partial charge in [-0.05, 0) is 122 Å². The Labute approximate surface area is 260 Å². The lowest BCUT2D eigenvalue weighted by Crippen LogP contribution is -2.25. The van der Waals surface area contributed by atoms with E-state index in [1.165, 1.54) is 44.5 Å². The van der Waals surface area contributed by atoms with Gasteiger partial charge < -0.3 is 0 Å². The molecule has 2 aliphatic carbocycles. The van der Waals surface area contributed by atoms with Gasteiger partial charge in [0.15, 0.2) is 0 Å². The summed E-state index contributed by atoms with van der Waals surface area (Å²) in [5.41, 5.74) is 15.1. The van der Waals surface area contributed by atoms with Crippen LogP contribution in [0, 0.1) is 23.7 Å². The SMILES string of the molecule is C=Cc1c2c(cc3c1-c1ccc(C#Cc4ccccn4)cc1C3(C)C)-c1ccc(C#Cc3ccccn3)cc1C(C)(C)C2=C. The number of rotatable bonds is 1. The highest BCUT2D eigenvalue weighted by molar-refractivity contribution is 6.02. The molecule has 0 radical (unpaired) electrons. The second-order valence-electron chi connectivity index (χ2n) is 12.5. The first kappa shape index (κ1) is 27.4. The fourth-order valence-electron chi connectivity index (χ4n) is 6.73. The Morgan fingerprint density at radius 2 is 1.16 bits per heavy atom. The van der Waals surface area contributed by atoms with Gasteiger partial charge in [-0.15, -0.1) is 0 Å². The van der Waals surface area contributed by atoms with Crippen LogP contribution >= 0.6 is 0 Å². The topological polar surface area (TPSA) is 25.8 Å². The highest BCUT2D eigenvalue weighted by Gasteiger charge is 2.42. The van der Waals surface area contributed by atoms with E-state index in [9.17, 15) is 0 Å². The Hall–Kier alpha value is -5.44. The summed E-state index contributed by atoms with van der Waals surface area (Å²) < 4.78 is 0. The smallest absolute Gasteiger partial charge is 0.113 e. The summed E-state index contributed by atoms with van der Waals surface area (Å²) in [6.45, 7) is 18.2. The van der Waals surface area contributed by atoms with Gasteiger partial charge in [-0.3, -0.25) is 0 Å². The van der Waals surface area contributed by atoms with E-state index in [1.807, 2.05) is 42.5 Å². The molecule has 0 unspecified atom stereocenters. The Balaban J connectivity index is 1.39. The molecule has 2 heterocycles. The molecule has 5 aromatic rings. The van der Waals surface area contributed by atoms with Crippen LogP contribution in [0.5, 0.6) is 0 Å². The van der Waals surface area contributed by atoms with Crippen molar-refractivity contribution in [2.24, 2.45) is 0 Å². The van der Waals surface area contributed by atoms with Crippen molar-refractivity contribution in [2.45, 2.75) is 38.5 Å². The molecule has 2 aliphatic rings. The van der Waals surface area contributed by atoms with Gasteiger partial charge >= 0.3 is 0 Å². The fraction of sp³-hybridized carbons (Fsp3) is 0.143. The lowest BCUT2D eigenvalue weighted by molar-refractivity contribution is 0.659. The van der Waals surface area contributed by atoms with Crippen LogP contribution in [-0.4, -0.2) is 9.97 Å². The minimum absolute atomic E-state index is 0.220. The summed E-state index contributed by atoms with van der Waals surface area (Å²) in [5.74, 6) is 13.1. The van der Waals surface area contributed by atoms with Gasteiger partial charge in [0.2, 0.25) is 0 Å². The molecule has 0 fully saturated rings. The Kier molecular flexibility index (Phi) is 6.28. The number of hydrogen-bond donors (Lipinski definition) is 0. The van der Waals surface area contributed by atoms with E-state index in [0.29, 0.717) is 0 Å². The molecule has 7 rings (SSSR count). The average molecular weight is 565 g/mol. The minimum atomic E-state index is -0.293. The minimum Gasteiger partial charge on any atom is -0.248 e. The molecular weight excluding hydrogens is 532 g/mol. The van der Waals surface area contributed by atoms with E-state index >= 15 is 0 Å². The first-order chi connectivity index (χ1) is 21.2. The molecule has 44 heavy (non-hydrogen) atoms. The molecule has 0 amide bonds. The van der Waals surface area contributed by atoms with Crippen LogP contribution in [-0.2, 0) is 10.8 Å². The molecule has 3 aromatic carbocycles. The summed E-state index contributed by atoms with van der Waals surface area (Å²) in [6.07, 6.45) is 5.57. The van der Waals surface area contributed by atoms with Crippen LogP contribution in [0.1, 0.15) is 78.0 Å². The lowest BCUT2D eigenvalue weighted by Gasteiger charge is -2.38. The van der Waals surface area contributed by atoms with Crippen molar-refractivity contribution in [1.82, 2.24) is 9.97 Å². The maximum atomic E-state index is 4.71. The van der Waals surface area contributed by atoms with Crippen LogP contribution in [0.2, 0.25) is 0 Å². The molecule has 0 saturated heterocycles. The molecule has 0 N–H and O–H groups in total. The summed E-state index contributed by atoms with van der Waals surface area (Å²) in [5, 5.41) is 0. The third-order valence-corrected chi connectivity index (χ3v) is 9.24. The van der Waals surface area contributed by atoms with Gasteiger partial charge in [0.1, 0.15) is 11.4 Å². The maximum Gasteiger partial charge on any atom is 0.113 e. The highest BCUT2D eigenvalue weighted by atomic mass is 14.7. The molecule has 2 heteroatoms. The van der Waals surface area contributed by atoms with Crippen molar-refractivity contribution < 1.29 is 0 Å². The second-order valence-corrected chi connectivity index (χ2v) is 12.5. The predicted octanol–water partition coefficient (Wildman–Crippen LogP) is 9.20. The van der Waals surface area contributed by atoms with Crippen molar-refractivity contribution >= 4 is 11.6 Å². The zero-order valence-electron chi connectivity index (χ0n) is 25.5. The lowest BCUT2D eigenvalue weighted by atomic mass is 9.64. The Morgan fingerprint density at radius 1 is 0.591 bits per heavy atom. The second kappa shape index (κ2) is 10.1. The van der Waals surface area contributed by atoms with Crippen LogP contribution in [0.4, 0.5) is 0 Å². The predicted molar refractivity (Wildman–Crippen MR) is 182 cm³/mol. The zero-order chi connectivity index (χ0) is 30.6. The highest BCUT2D eigenvalue weighted by Crippen LogP contribution is 2.58. The fourth-order valence-corrected chi connectivity index (χ4v) is 6.73. The molecule has 210 valence electrons.